The zero-order valence-corrected chi connectivity index (χ0v) is 9.33. The van der Waals surface area contributed by atoms with Crippen LogP contribution in [-0.2, 0) is 4.79 Å². The molecule has 82 valence electrons. The maximum Gasteiger partial charge on any atom is 0.226 e. The number of likely N-dealkylation sites (tertiary alicyclic amines) is 1. The van der Waals surface area contributed by atoms with Gasteiger partial charge in [-0.2, -0.15) is 0 Å². The van der Waals surface area contributed by atoms with Gasteiger partial charge in [0.25, 0.3) is 0 Å². The fraction of sp³-hybridized carbons (Fsp3) is 0.909. The molecule has 0 aromatic carbocycles. The second-order valence-electron chi connectivity index (χ2n) is 4.23. The van der Waals surface area contributed by atoms with Crippen LogP contribution in [0.4, 0.5) is 0 Å². The maximum atomic E-state index is 11.9. The number of hydrogen-bond donors (Lipinski definition) is 1. The first-order chi connectivity index (χ1) is 6.70. The van der Waals surface area contributed by atoms with E-state index in [1.165, 1.54) is 12.8 Å². The lowest BCUT2D eigenvalue weighted by atomic mass is 9.98. The van der Waals surface area contributed by atoms with E-state index in [2.05, 4.69) is 6.92 Å². The molecular formula is C11H22N2O. The first-order valence-electron chi connectivity index (χ1n) is 5.71. The summed E-state index contributed by atoms with van der Waals surface area (Å²) >= 11 is 0. The monoisotopic (exact) mass is 198 g/mol. The predicted molar refractivity (Wildman–Crippen MR) is 57.9 cm³/mol. The standard InChI is InChI=1S/C11H22N2O/c1-3-10-6-4-5-7-13(10)11(14)9(2)8-12/h9-10H,3-8,12H2,1-2H3. The van der Waals surface area contributed by atoms with Gasteiger partial charge in [-0.15, -0.1) is 0 Å². The highest BCUT2D eigenvalue weighted by atomic mass is 16.2. The van der Waals surface area contributed by atoms with Crippen LogP contribution in [0, 0.1) is 5.92 Å². The second-order valence-corrected chi connectivity index (χ2v) is 4.23. The van der Waals surface area contributed by atoms with Crippen LogP contribution in [0.3, 0.4) is 0 Å². The number of nitrogens with zero attached hydrogens (tertiary/aromatic N) is 1. The minimum atomic E-state index is -0.0119. The zero-order chi connectivity index (χ0) is 10.6. The van der Waals surface area contributed by atoms with Gasteiger partial charge in [-0.25, -0.2) is 0 Å². The van der Waals surface area contributed by atoms with Crippen molar-refractivity contribution >= 4 is 5.91 Å². The Morgan fingerprint density at radius 2 is 2.29 bits per heavy atom. The molecule has 1 aliphatic heterocycles. The molecule has 0 aliphatic carbocycles. The van der Waals surface area contributed by atoms with E-state index >= 15 is 0 Å². The Labute approximate surface area is 86.6 Å². The Morgan fingerprint density at radius 1 is 1.57 bits per heavy atom. The van der Waals surface area contributed by atoms with Crippen LogP contribution in [0.2, 0.25) is 0 Å². The third kappa shape index (κ3) is 2.47. The van der Waals surface area contributed by atoms with Gasteiger partial charge in [-0.05, 0) is 25.7 Å². The van der Waals surface area contributed by atoms with Crippen molar-refractivity contribution < 1.29 is 4.79 Å². The molecule has 14 heavy (non-hydrogen) atoms. The van der Waals surface area contributed by atoms with Crippen molar-refractivity contribution in [3.05, 3.63) is 0 Å². The lowest BCUT2D eigenvalue weighted by Gasteiger charge is -2.36. The highest BCUT2D eigenvalue weighted by Gasteiger charge is 2.27. The van der Waals surface area contributed by atoms with Crippen molar-refractivity contribution in [2.24, 2.45) is 11.7 Å². The van der Waals surface area contributed by atoms with E-state index < -0.39 is 0 Å². The molecule has 0 aromatic rings. The molecule has 3 heteroatoms. The number of carbonyl (C=O) groups excluding carboxylic acids is 1. The minimum absolute atomic E-state index is 0.0119. The third-order valence-corrected chi connectivity index (χ3v) is 3.16. The fourth-order valence-electron chi connectivity index (χ4n) is 2.10. The van der Waals surface area contributed by atoms with Gasteiger partial charge in [-0.3, -0.25) is 4.79 Å². The van der Waals surface area contributed by atoms with E-state index in [0.29, 0.717) is 12.6 Å². The van der Waals surface area contributed by atoms with Crippen LogP contribution in [0.1, 0.15) is 39.5 Å². The van der Waals surface area contributed by atoms with Gasteiger partial charge in [0.2, 0.25) is 5.91 Å². The molecule has 2 N–H and O–H groups in total. The molecule has 0 aromatic heterocycles. The van der Waals surface area contributed by atoms with Gasteiger partial charge in [-0.1, -0.05) is 13.8 Å². The Hall–Kier alpha value is -0.570. The summed E-state index contributed by atoms with van der Waals surface area (Å²) < 4.78 is 0. The Kier molecular flexibility index (Phi) is 4.39. The summed E-state index contributed by atoms with van der Waals surface area (Å²) in [6.45, 7) is 5.47. The maximum absolute atomic E-state index is 11.9. The number of rotatable bonds is 3. The summed E-state index contributed by atoms with van der Waals surface area (Å²) in [5.41, 5.74) is 5.52. The quantitative estimate of drug-likeness (QED) is 0.744. The topological polar surface area (TPSA) is 46.3 Å². The molecule has 3 nitrogen and oxygen atoms in total. The normalized spacial score (nSPS) is 24.8. The highest BCUT2D eigenvalue weighted by Crippen LogP contribution is 2.21. The summed E-state index contributed by atoms with van der Waals surface area (Å²) in [5.74, 6) is 0.237. The van der Waals surface area contributed by atoms with Gasteiger partial charge in [0.05, 0.1) is 0 Å². The van der Waals surface area contributed by atoms with Crippen LogP contribution >= 0.6 is 0 Å². The van der Waals surface area contributed by atoms with E-state index in [1.807, 2.05) is 11.8 Å². The van der Waals surface area contributed by atoms with E-state index in [1.54, 1.807) is 0 Å². The van der Waals surface area contributed by atoms with Crippen molar-refractivity contribution in [3.8, 4) is 0 Å². The SMILES string of the molecule is CCC1CCCCN1C(=O)C(C)CN. The van der Waals surface area contributed by atoms with E-state index in [4.69, 9.17) is 5.73 Å². The average molecular weight is 198 g/mol. The number of nitrogens with two attached hydrogens (primary N) is 1. The van der Waals surface area contributed by atoms with Crippen molar-refractivity contribution in [3.63, 3.8) is 0 Å². The first kappa shape index (κ1) is 11.5. The van der Waals surface area contributed by atoms with Crippen LogP contribution in [0.15, 0.2) is 0 Å². The van der Waals surface area contributed by atoms with Crippen LogP contribution < -0.4 is 5.73 Å². The fourth-order valence-corrected chi connectivity index (χ4v) is 2.10. The number of piperidine rings is 1. The first-order valence-corrected chi connectivity index (χ1v) is 5.71. The molecule has 1 heterocycles. The molecule has 1 saturated heterocycles. The summed E-state index contributed by atoms with van der Waals surface area (Å²) in [7, 11) is 0. The Morgan fingerprint density at radius 3 is 2.86 bits per heavy atom. The van der Waals surface area contributed by atoms with Gasteiger partial charge < -0.3 is 10.6 Å². The van der Waals surface area contributed by atoms with Crippen LogP contribution in [0.5, 0.6) is 0 Å². The zero-order valence-electron chi connectivity index (χ0n) is 9.33. The highest BCUT2D eigenvalue weighted by molar-refractivity contribution is 5.79. The lowest BCUT2D eigenvalue weighted by molar-refractivity contribution is -0.138. The molecule has 1 amide bonds. The third-order valence-electron chi connectivity index (χ3n) is 3.16. The van der Waals surface area contributed by atoms with Gasteiger partial charge in [0.15, 0.2) is 0 Å². The van der Waals surface area contributed by atoms with Crippen molar-refractivity contribution in [1.29, 1.82) is 0 Å². The van der Waals surface area contributed by atoms with Gasteiger partial charge in [0.1, 0.15) is 0 Å². The van der Waals surface area contributed by atoms with Crippen LogP contribution in [-0.4, -0.2) is 29.9 Å². The molecule has 1 aliphatic rings. The molecule has 2 unspecified atom stereocenters. The molecule has 0 saturated carbocycles. The van der Waals surface area contributed by atoms with Gasteiger partial charge >= 0.3 is 0 Å². The van der Waals surface area contributed by atoms with Gasteiger partial charge in [0, 0.05) is 25.0 Å². The summed E-state index contributed by atoms with van der Waals surface area (Å²) in [4.78, 5) is 14.0. The number of amides is 1. The lowest BCUT2D eigenvalue weighted by Crippen LogP contribution is -2.46. The van der Waals surface area contributed by atoms with Crippen molar-refractivity contribution in [2.75, 3.05) is 13.1 Å². The predicted octanol–water partition coefficient (Wildman–Crippen LogP) is 1.37. The smallest absolute Gasteiger partial charge is 0.226 e. The molecule has 0 spiro atoms. The van der Waals surface area contributed by atoms with Crippen molar-refractivity contribution in [1.82, 2.24) is 4.90 Å². The molecule has 1 fully saturated rings. The molecule has 0 bridgehead atoms. The second kappa shape index (κ2) is 5.35. The Balaban J connectivity index is 2.58. The van der Waals surface area contributed by atoms with E-state index in [-0.39, 0.29) is 11.8 Å². The van der Waals surface area contributed by atoms with E-state index in [0.717, 1.165) is 19.4 Å². The largest absolute Gasteiger partial charge is 0.339 e. The summed E-state index contributed by atoms with van der Waals surface area (Å²) in [6, 6.07) is 0.463. The van der Waals surface area contributed by atoms with E-state index in [9.17, 15) is 4.79 Å². The van der Waals surface area contributed by atoms with Crippen molar-refractivity contribution in [2.45, 2.75) is 45.6 Å². The minimum Gasteiger partial charge on any atom is -0.339 e. The molecule has 0 radical (unpaired) electrons. The number of hydrogen-bond acceptors (Lipinski definition) is 2. The molecule has 1 rings (SSSR count). The Bertz CT molecular complexity index is 194. The van der Waals surface area contributed by atoms with Crippen LogP contribution in [0.25, 0.3) is 0 Å². The summed E-state index contributed by atoms with van der Waals surface area (Å²) in [5, 5.41) is 0. The molecular weight excluding hydrogens is 176 g/mol. The average Bonchev–Trinajstić information content (AvgIpc) is 2.26. The molecule has 2 atom stereocenters. The number of carbonyl (C=O) groups is 1. The summed E-state index contributed by atoms with van der Waals surface area (Å²) in [6.07, 6.45) is 4.65.